The number of nitrogens with zero attached hydrogens (tertiary/aromatic N) is 3. The summed E-state index contributed by atoms with van der Waals surface area (Å²) in [6.07, 6.45) is -3.50. The first kappa shape index (κ1) is 25.9. The van der Waals surface area contributed by atoms with Gasteiger partial charge in [-0.25, -0.2) is 22.9 Å². The average molecular weight is 533 g/mol. The highest BCUT2D eigenvalue weighted by Gasteiger charge is 2.48. The fraction of sp³-hybridized carbons (Fsp3) is 0.250. The zero-order valence-electron chi connectivity index (χ0n) is 19.2. The highest BCUT2D eigenvalue weighted by molar-refractivity contribution is 7.90. The van der Waals surface area contributed by atoms with Gasteiger partial charge in [0.05, 0.1) is 27.8 Å². The number of nitrogens with two attached hydrogens (primary N) is 1. The number of urea groups is 2. The van der Waals surface area contributed by atoms with Crippen molar-refractivity contribution in [2.75, 3.05) is 11.2 Å². The van der Waals surface area contributed by atoms with Crippen molar-refractivity contribution in [3.8, 4) is 6.07 Å². The third-order valence-corrected chi connectivity index (χ3v) is 7.29. The van der Waals surface area contributed by atoms with Crippen LogP contribution in [0.4, 0.5) is 28.4 Å². The minimum absolute atomic E-state index is 0.00293. The number of hydrogen-bond acceptors (Lipinski definition) is 6. The number of anilines is 1. The lowest BCUT2D eigenvalue weighted by Crippen LogP contribution is -2.56. The number of Topliss-reactive ketones (excluding diaryl/α,β-unsaturated/α-hetero) is 1. The van der Waals surface area contributed by atoms with Crippen molar-refractivity contribution >= 4 is 33.4 Å². The van der Waals surface area contributed by atoms with E-state index in [0.29, 0.717) is 11.0 Å². The van der Waals surface area contributed by atoms with Crippen LogP contribution in [-0.2, 0) is 20.8 Å². The lowest BCUT2D eigenvalue weighted by molar-refractivity contribution is -0.137. The molecule has 1 aliphatic carbocycles. The van der Waals surface area contributed by atoms with Gasteiger partial charge in [-0.05, 0) is 48.7 Å². The van der Waals surface area contributed by atoms with Crippen LogP contribution in [0.2, 0.25) is 0 Å². The molecule has 2 aromatic rings. The molecule has 0 fully saturated rings. The van der Waals surface area contributed by atoms with Gasteiger partial charge in [0.25, 0.3) is 0 Å². The Balaban J connectivity index is 2.05. The van der Waals surface area contributed by atoms with Crippen LogP contribution >= 0.6 is 0 Å². The number of carbonyl (C=O) groups is 3. The number of hydrogen-bond donors (Lipinski definition) is 1. The number of ketones is 1. The SMILES string of the molecule is CS(=O)(=O)c1cc(C#N)ccc1[C@@H]1C2=C(CCCC2=O)N(c2cccc(C(F)(F)F)c2)C(=O)N1C(N)=O. The summed E-state index contributed by atoms with van der Waals surface area (Å²) in [7, 11) is -4.04. The van der Waals surface area contributed by atoms with Crippen LogP contribution < -0.4 is 10.6 Å². The number of benzene rings is 2. The predicted octanol–water partition coefficient (Wildman–Crippen LogP) is 4.05. The zero-order valence-corrected chi connectivity index (χ0v) is 20.1. The van der Waals surface area contributed by atoms with E-state index in [9.17, 15) is 41.2 Å². The summed E-state index contributed by atoms with van der Waals surface area (Å²) < 4.78 is 65.5. The second-order valence-corrected chi connectivity index (χ2v) is 10.5. The quantitative estimate of drug-likeness (QED) is 0.632. The molecule has 0 saturated heterocycles. The van der Waals surface area contributed by atoms with Gasteiger partial charge in [0.15, 0.2) is 15.6 Å². The van der Waals surface area contributed by atoms with Crippen LogP contribution in [0.3, 0.4) is 0 Å². The Labute approximate surface area is 209 Å². The Bertz CT molecular complexity index is 1530. The lowest BCUT2D eigenvalue weighted by Gasteiger charge is -2.44. The Morgan fingerprint density at radius 3 is 2.43 bits per heavy atom. The average Bonchev–Trinajstić information content (AvgIpc) is 2.82. The van der Waals surface area contributed by atoms with Crippen molar-refractivity contribution in [1.29, 1.82) is 5.26 Å². The number of sulfone groups is 1. The van der Waals surface area contributed by atoms with Crippen molar-refractivity contribution in [1.82, 2.24) is 4.90 Å². The van der Waals surface area contributed by atoms with Gasteiger partial charge < -0.3 is 5.73 Å². The molecule has 0 spiro atoms. The van der Waals surface area contributed by atoms with Crippen LogP contribution in [0.1, 0.15) is 42.0 Å². The number of primary amides is 1. The van der Waals surface area contributed by atoms with Crippen LogP contribution in [-0.4, -0.2) is 37.4 Å². The number of imide groups is 1. The Morgan fingerprint density at radius 2 is 1.84 bits per heavy atom. The number of nitriles is 1. The molecule has 192 valence electrons. The summed E-state index contributed by atoms with van der Waals surface area (Å²) in [5.41, 5.74) is 4.00. The van der Waals surface area contributed by atoms with E-state index in [-0.39, 0.29) is 47.3 Å². The number of carbonyl (C=O) groups excluding carboxylic acids is 3. The van der Waals surface area contributed by atoms with E-state index in [2.05, 4.69) is 0 Å². The number of rotatable bonds is 3. The predicted molar refractivity (Wildman–Crippen MR) is 124 cm³/mol. The van der Waals surface area contributed by atoms with Gasteiger partial charge in [-0.2, -0.15) is 18.4 Å². The van der Waals surface area contributed by atoms with Gasteiger partial charge in [0, 0.05) is 23.9 Å². The molecule has 0 unspecified atom stereocenters. The summed E-state index contributed by atoms with van der Waals surface area (Å²) in [4.78, 5) is 40.4. The molecule has 4 amide bonds. The molecular weight excluding hydrogens is 513 g/mol. The molecule has 0 radical (unpaired) electrons. The van der Waals surface area contributed by atoms with Gasteiger partial charge in [-0.3, -0.25) is 9.69 Å². The summed E-state index contributed by atoms with van der Waals surface area (Å²) in [6, 6.07) is 5.12. The van der Waals surface area contributed by atoms with Gasteiger partial charge in [-0.1, -0.05) is 12.1 Å². The van der Waals surface area contributed by atoms with Crippen LogP contribution in [0, 0.1) is 11.3 Å². The third kappa shape index (κ3) is 4.55. The Kier molecular flexibility index (Phi) is 6.33. The second kappa shape index (κ2) is 9.04. The maximum Gasteiger partial charge on any atom is 0.416 e. The molecule has 2 aromatic carbocycles. The lowest BCUT2D eigenvalue weighted by atomic mass is 9.83. The first-order valence-corrected chi connectivity index (χ1v) is 12.7. The Morgan fingerprint density at radius 1 is 1.14 bits per heavy atom. The van der Waals surface area contributed by atoms with Gasteiger partial charge in [0.2, 0.25) is 0 Å². The Hall–Kier alpha value is -4.18. The smallest absolute Gasteiger partial charge is 0.351 e. The summed E-state index contributed by atoms with van der Waals surface area (Å²) in [6.45, 7) is 0. The minimum Gasteiger partial charge on any atom is -0.351 e. The van der Waals surface area contributed by atoms with E-state index in [1.54, 1.807) is 0 Å². The minimum atomic E-state index is -4.73. The number of allylic oxidation sites excluding steroid dienone is 1. The molecule has 1 aliphatic heterocycles. The van der Waals surface area contributed by atoms with E-state index >= 15 is 0 Å². The molecule has 0 saturated carbocycles. The molecule has 1 atom stereocenters. The number of alkyl halides is 3. The van der Waals surface area contributed by atoms with E-state index in [1.807, 2.05) is 6.07 Å². The van der Waals surface area contributed by atoms with Crippen molar-refractivity contribution in [2.45, 2.75) is 36.4 Å². The van der Waals surface area contributed by atoms with Crippen LogP contribution in [0.5, 0.6) is 0 Å². The highest BCUT2D eigenvalue weighted by Crippen LogP contribution is 2.46. The molecule has 0 bridgehead atoms. The third-order valence-electron chi connectivity index (χ3n) is 6.13. The molecule has 0 aromatic heterocycles. The number of halogens is 3. The summed E-state index contributed by atoms with van der Waals surface area (Å²) >= 11 is 0. The molecule has 37 heavy (non-hydrogen) atoms. The maximum atomic E-state index is 13.7. The molecule has 13 heteroatoms. The van der Waals surface area contributed by atoms with E-state index < -0.39 is 50.4 Å². The summed E-state index contributed by atoms with van der Waals surface area (Å²) in [5.74, 6) is -0.522. The zero-order chi connectivity index (χ0) is 27.3. The normalized spacial score (nSPS) is 18.5. The molecule has 2 N–H and O–H groups in total. The molecule has 1 heterocycles. The molecular formula is C24H19F3N4O5S. The van der Waals surface area contributed by atoms with Crippen LogP contribution in [0.15, 0.2) is 58.6 Å². The molecule has 2 aliphatic rings. The summed E-state index contributed by atoms with van der Waals surface area (Å²) in [5, 5.41) is 9.25. The standard InChI is InChI=1S/C24H19F3N4O5S/c1-37(35,36)19-10-13(12-28)8-9-16(19)21-20-17(6-3-7-18(20)32)30(23(34)31(21)22(29)33)15-5-2-4-14(11-15)24(25,26)27/h2,4-5,8-11,21H,3,6-7H2,1H3,(H2,29,33)/t21-/m1/s1. The van der Waals surface area contributed by atoms with Gasteiger partial charge >= 0.3 is 18.2 Å². The van der Waals surface area contributed by atoms with Crippen molar-refractivity contribution < 1.29 is 36.0 Å². The topological polar surface area (TPSA) is 142 Å². The van der Waals surface area contributed by atoms with Crippen molar-refractivity contribution in [2.24, 2.45) is 5.73 Å². The molecule has 9 nitrogen and oxygen atoms in total. The molecule has 4 rings (SSSR count). The highest BCUT2D eigenvalue weighted by atomic mass is 32.2. The van der Waals surface area contributed by atoms with E-state index in [4.69, 9.17) is 5.73 Å². The van der Waals surface area contributed by atoms with Gasteiger partial charge in [0.1, 0.15) is 6.04 Å². The van der Waals surface area contributed by atoms with Crippen molar-refractivity contribution in [3.05, 3.63) is 70.4 Å². The van der Waals surface area contributed by atoms with Crippen molar-refractivity contribution in [3.63, 3.8) is 0 Å². The largest absolute Gasteiger partial charge is 0.416 e. The van der Waals surface area contributed by atoms with Crippen LogP contribution in [0.25, 0.3) is 0 Å². The first-order chi connectivity index (χ1) is 17.3. The van der Waals surface area contributed by atoms with Gasteiger partial charge in [-0.15, -0.1) is 0 Å². The van der Waals surface area contributed by atoms with E-state index in [0.717, 1.165) is 29.4 Å². The maximum absolute atomic E-state index is 13.7. The monoisotopic (exact) mass is 532 g/mol. The fourth-order valence-electron chi connectivity index (χ4n) is 4.61. The van der Waals surface area contributed by atoms with E-state index in [1.165, 1.54) is 18.2 Å². The second-order valence-electron chi connectivity index (χ2n) is 8.55. The fourth-order valence-corrected chi connectivity index (χ4v) is 5.56. The first-order valence-electron chi connectivity index (χ1n) is 10.9. The number of amides is 4.